The van der Waals surface area contributed by atoms with Crippen LogP contribution in [0.4, 0.5) is 0 Å². The van der Waals surface area contributed by atoms with Crippen molar-refractivity contribution in [1.29, 1.82) is 0 Å². The van der Waals surface area contributed by atoms with E-state index >= 15 is 0 Å². The van der Waals surface area contributed by atoms with E-state index in [1.807, 2.05) is 26.2 Å². The van der Waals surface area contributed by atoms with Gasteiger partial charge < -0.3 is 14.8 Å². The lowest BCUT2D eigenvalue weighted by molar-refractivity contribution is 0.461. The van der Waals surface area contributed by atoms with Crippen LogP contribution in [0.25, 0.3) is 0 Å². The van der Waals surface area contributed by atoms with Crippen molar-refractivity contribution in [2.75, 3.05) is 14.1 Å². The van der Waals surface area contributed by atoms with Gasteiger partial charge in [0.15, 0.2) is 5.96 Å². The average molecular weight is 285 g/mol. The van der Waals surface area contributed by atoms with Gasteiger partial charge in [0.2, 0.25) is 0 Å². The Hall–Kier alpha value is -2.30. The highest BCUT2D eigenvalue weighted by atomic mass is 15.3. The third-order valence-corrected chi connectivity index (χ3v) is 3.45. The lowest BCUT2D eigenvalue weighted by atomic mass is 10.2. The number of aromatic nitrogens is 2. The first-order valence-corrected chi connectivity index (χ1v) is 7.03. The zero-order valence-electron chi connectivity index (χ0n) is 13.2. The summed E-state index contributed by atoms with van der Waals surface area (Å²) in [6.07, 6.45) is 3.95. The van der Waals surface area contributed by atoms with E-state index in [0.29, 0.717) is 0 Å². The van der Waals surface area contributed by atoms with E-state index in [0.717, 1.165) is 30.3 Å². The number of hydrogen-bond donors (Lipinski definition) is 1. The molecule has 0 radical (unpaired) electrons. The normalized spacial score (nSPS) is 11.5. The Labute approximate surface area is 126 Å². The van der Waals surface area contributed by atoms with Gasteiger partial charge in [0.25, 0.3) is 0 Å². The maximum Gasteiger partial charge on any atom is 0.194 e. The predicted molar refractivity (Wildman–Crippen MR) is 86.1 cm³/mol. The van der Waals surface area contributed by atoms with E-state index in [1.165, 1.54) is 5.69 Å². The molecule has 0 saturated carbocycles. The second-order valence-electron chi connectivity index (χ2n) is 5.18. The first kappa shape index (κ1) is 15.1. The number of nitrogens with one attached hydrogen (secondary N) is 1. The first-order chi connectivity index (χ1) is 10.1. The number of pyridine rings is 1. The Bertz CT molecular complexity index is 597. The minimum Gasteiger partial charge on any atom is -0.353 e. The first-order valence-electron chi connectivity index (χ1n) is 7.03. The molecule has 0 amide bonds. The summed E-state index contributed by atoms with van der Waals surface area (Å²) in [7, 11) is 5.89. The Morgan fingerprint density at radius 2 is 2.19 bits per heavy atom. The highest BCUT2D eigenvalue weighted by molar-refractivity contribution is 5.79. The van der Waals surface area contributed by atoms with Gasteiger partial charge >= 0.3 is 0 Å². The van der Waals surface area contributed by atoms with E-state index in [4.69, 9.17) is 0 Å². The van der Waals surface area contributed by atoms with Crippen molar-refractivity contribution in [2.24, 2.45) is 12.0 Å². The highest BCUT2D eigenvalue weighted by Gasteiger charge is 2.08. The SMILES string of the molecule is CN=C(NCc1ccc(C)nc1)N(C)Cc1cccn1C. The summed E-state index contributed by atoms with van der Waals surface area (Å²) in [4.78, 5) is 10.7. The lowest BCUT2D eigenvalue weighted by Crippen LogP contribution is -2.38. The summed E-state index contributed by atoms with van der Waals surface area (Å²) >= 11 is 0. The Morgan fingerprint density at radius 1 is 1.38 bits per heavy atom. The second-order valence-corrected chi connectivity index (χ2v) is 5.18. The molecule has 5 heteroatoms. The van der Waals surface area contributed by atoms with Crippen LogP contribution in [0.3, 0.4) is 0 Å². The molecule has 0 saturated heterocycles. The number of aliphatic imine (C=N–C) groups is 1. The van der Waals surface area contributed by atoms with Gasteiger partial charge in [0.05, 0.1) is 6.54 Å². The second kappa shape index (κ2) is 6.92. The van der Waals surface area contributed by atoms with Gasteiger partial charge in [-0.1, -0.05) is 6.07 Å². The largest absolute Gasteiger partial charge is 0.353 e. The van der Waals surface area contributed by atoms with Crippen LogP contribution in [0.2, 0.25) is 0 Å². The van der Waals surface area contributed by atoms with Crippen molar-refractivity contribution >= 4 is 5.96 Å². The van der Waals surface area contributed by atoms with Crippen LogP contribution in [0, 0.1) is 6.92 Å². The van der Waals surface area contributed by atoms with Crippen LogP contribution in [-0.2, 0) is 20.1 Å². The van der Waals surface area contributed by atoms with Gasteiger partial charge in [-0.25, -0.2) is 0 Å². The van der Waals surface area contributed by atoms with Crippen LogP contribution in [0.5, 0.6) is 0 Å². The van der Waals surface area contributed by atoms with Gasteiger partial charge in [0, 0.05) is 51.5 Å². The topological polar surface area (TPSA) is 45.5 Å². The molecule has 0 atom stereocenters. The van der Waals surface area contributed by atoms with E-state index in [1.54, 1.807) is 7.05 Å². The standard InChI is InChI=1S/C16H23N5/c1-13-7-8-14(10-18-13)11-19-16(17-2)21(4)12-15-6-5-9-20(15)3/h5-10H,11-12H2,1-4H3,(H,17,19). The average Bonchev–Trinajstić information content (AvgIpc) is 2.87. The summed E-state index contributed by atoms with van der Waals surface area (Å²) in [6.45, 7) is 3.52. The number of guanidine groups is 1. The zero-order valence-corrected chi connectivity index (χ0v) is 13.2. The molecule has 2 rings (SSSR count). The summed E-state index contributed by atoms with van der Waals surface area (Å²) < 4.78 is 2.12. The maximum absolute atomic E-state index is 4.33. The number of hydrogen-bond acceptors (Lipinski definition) is 2. The molecule has 0 fully saturated rings. The maximum atomic E-state index is 4.33. The summed E-state index contributed by atoms with van der Waals surface area (Å²) in [6, 6.07) is 8.28. The van der Waals surface area contributed by atoms with Crippen molar-refractivity contribution in [1.82, 2.24) is 19.8 Å². The van der Waals surface area contributed by atoms with Gasteiger partial charge in [-0.3, -0.25) is 9.98 Å². The monoisotopic (exact) mass is 285 g/mol. The molecule has 0 aromatic carbocycles. The van der Waals surface area contributed by atoms with Crippen LogP contribution < -0.4 is 5.32 Å². The molecule has 21 heavy (non-hydrogen) atoms. The van der Waals surface area contributed by atoms with Gasteiger partial charge in [0.1, 0.15) is 0 Å². The minimum atomic E-state index is 0.720. The molecule has 2 aromatic heterocycles. The summed E-state index contributed by atoms with van der Waals surface area (Å²) in [5, 5.41) is 3.36. The molecule has 112 valence electrons. The smallest absolute Gasteiger partial charge is 0.194 e. The van der Waals surface area contributed by atoms with E-state index in [9.17, 15) is 0 Å². The van der Waals surface area contributed by atoms with Gasteiger partial charge in [-0.2, -0.15) is 0 Å². The van der Waals surface area contributed by atoms with E-state index in [2.05, 4.69) is 56.2 Å². The van der Waals surface area contributed by atoms with Crippen LogP contribution in [0.1, 0.15) is 17.0 Å². The molecule has 0 aliphatic carbocycles. The number of rotatable bonds is 4. The molecule has 0 aliphatic rings. The molecule has 0 aliphatic heterocycles. The minimum absolute atomic E-state index is 0.720. The Balaban J connectivity index is 1.93. The third kappa shape index (κ3) is 4.08. The van der Waals surface area contributed by atoms with Crippen molar-refractivity contribution in [2.45, 2.75) is 20.0 Å². The molecule has 1 N–H and O–H groups in total. The van der Waals surface area contributed by atoms with E-state index in [-0.39, 0.29) is 0 Å². The summed E-state index contributed by atoms with van der Waals surface area (Å²) in [5.74, 6) is 0.872. The molecule has 2 aromatic rings. The summed E-state index contributed by atoms with van der Waals surface area (Å²) in [5.41, 5.74) is 3.43. The van der Waals surface area contributed by atoms with E-state index < -0.39 is 0 Å². The van der Waals surface area contributed by atoms with Gasteiger partial charge in [-0.15, -0.1) is 0 Å². The molecule has 5 nitrogen and oxygen atoms in total. The number of nitrogens with zero attached hydrogens (tertiary/aromatic N) is 4. The number of aryl methyl sites for hydroxylation is 2. The van der Waals surface area contributed by atoms with Crippen LogP contribution in [-0.4, -0.2) is 34.5 Å². The molecule has 2 heterocycles. The predicted octanol–water partition coefficient (Wildman–Crippen LogP) is 1.94. The Morgan fingerprint density at radius 3 is 2.76 bits per heavy atom. The molecular weight excluding hydrogens is 262 g/mol. The third-order valence-electron chi connectivity index (χ3n) is 3.45. The van der Waals surface area contributed by atoms with Crippen molar-refractivity contribution in [3.05, 3.63) is 53.6 Å². The fourth-order valence-electron chi connectivity index (χ4n) is 2.15. The van der Waals surface area contributed by atoms with Crippen LogP contribution >= 0.6 is 0 Å². The molecule has 0 bridgehead atoms. The van der Waals surface area contributed by atoms with Crippen LogP contribution in [0.15, 0.2) is 41.7 Å². The van der Waals surface area contributed by atoms with Crippen molar-refractivity contribution in [3.63, 3.8) is 0 Å². The zero-order chi connectivity index (χ0) is 15.2. The van der Waals surface area contributed by atoms with Crippen molar-refractivity contribution in [3.8, 4) is 0 Å². The van der Waals surface area contributed by atoms with Gasteiger partial charge in [-0.05, 0) is 30.7 Å². The fraction of sp³-hybridized carbons (Fsp3) is 0.375. The highest BCUT2D eigenvalue weighted by Crippen LogP contribution is 2.04. The molecule has 0 spiro atoms. The molecular formula is C16H23N5. The Kier molecular flexibility index (Phi) is 4.98. The fourth-order valence-corrected chi connectivity index (χ4v) is 2.15. The quantitative estimate of drug-likeness (QED) is 0.690. The molecule has 0 unspecified atom stereocenters. The lowest BCUT2D eigenvalue weighted by Gasteiger charge is -2.22. The van der Waals surface area contributed by atoms with Crippen molar-refractivity contribution < 1.29 is 0 Å².